The number of carbonyl (C=O) groups excluding carboxylic acids is 1. The number of aromatic nitrogens is 2. The second kappa shape index (κ2) is 8.54. The third-order valence-electron chi connectivity index (χ3n) is 5.73. The van der Waals surface area contributed by atoms with Gasteiger partial charge in [0.1, 0.15) is 5.75 Å². The first-order valence-corrected chi connectivity index (χ1v) is 10.3. The van der Waals surface area contributed by atoms with Gasteiger partial charge in [-0.25, -0.2) is 0 Å². The van der Waals surface area contributed by atoms with Gasteiger partial charge in [-0.05, 0) is 55.5 Å². The van der Waals surface area contributed by atoms with Crippen LogP contribution in [0.25, 0.3) is 10.8 Å². The second-order valence-electron chi connectivity index (χ2n) is 7.70. The summed E-state index contributed by atoms with van der Waals surface area (Å²) in [5, 5.41) is 2.32. The number of pyridine rings is 1. The molecule has 0 amide bonds. The van der Waals surface area contributed by atoms with Crippen LogP contribution in [-0.4, -0.2) is 17.5 Å². The molecule has 0 aliphatic heterocycles. The summed E-state index contributed by atoms with van der Waals surface area (Å²) in [5.74, 6) is 1.00. The first-order chi connectivity index (χ1) is 14.5. The number of Topliss-reactive ketones (excluding diaryl/α,β-unsaturated/α-hetero) is 1. The molecule has 4 rings (SSSR count). The fourth-order valence-electron chi connectivity index (χ4n) is 3.99. The Kier molecular flexibility index (Phi) is 5.66. The Hall–Kier alpha value is -3.40. The number of nitrogens with zero attached hydrogens (tertiary/aromatic N) is 2. The largest absolute Gasteiger partial charge is 0.497 e. The average Bonchev–Trinajstić information content (AvgIpc) is 3.06. The normalized spacial score (nSPS) is 11.0. The summed E-state index contributed by atoms with van der Waals surface area (Å²) in [4.78, 5) is 13.0. The highest BCUT2D eigenvalue weighted by Gasteiger charge is 2.19. The maximum Gasteiger partial charge on any atom is 0.229 e. The van der Waals surface area contributed by atoms with E-state index >= 15 is 0 Å². The summed E-state index contributed by atoms with van der Waals surface area (Å²) in [5.41, 5.74) is 4.21. The van der Waals surface area contributed by atoms with Gasteiger partial charge in [0, 0.05) is 34.9 Å². The predicted molar refractivity (Wildman–Crippen MR) is 119 cm³/mol. The Morgan fingerprint density at radius 1 is 1.00 bits per heavy atom. The molecule has 2 heterocycles. The van der Waals surface area contributed by atoms with E-state index in [2.05, 4.69) is 41.8 Å². The fraction of sp³-hybridized carbons (Fsp3) is 0.231. The number of benzene rings is 2. The van der Waals surface area contributed by atoms with Crippen LogP contribution < -0.4 is 9.30 Å². The van der Waals surface area contributed by atoms with Gasteiger partial charge in [-0.1, -0.05) is 30.3 Å². The Bertz CT molecular complexity index is 1190. The molecule has 0 saturated carbocycles. The van der Waals surface area contributed by atoms with Crippen LogP contribution in [0.3, 0.4) is 0 Å². The minimum Gasteiger partial charge on any atom is -0.497 e. The minimum absolute atomic E-state index is 0.138. The van der Waals surface area contributed by atoms with Gasteiger partial charge >= 0.3 is 0 Å². The van der Waals surface area contributed by atoms with Crippen molar-refractivity contribution in [1.82, 2.24) is 4.57 Å². The quantitative estimate of drug-likeness (QED) is 0.334. The van der Waals surface area contributed by atoms with Crippen molar-refractivity contribution in [2.24, 2.45) is 0 Å². The van der Waals surface area contributed by atoms with Crippen LogP contribution in [-0.2, 0) is 19.5 Å². The van der Waals surface area contributed by atoms with Crippen molar-refractivity contribution in [3.8, 4) is 5.75 Å². The predicted octanol–water partition coefficient (Wildman–Crippen LogP) is 4.68. The molecule has 0 spiro atoms. The van der Waals surface area contributed by atoms with Gasteiger partial charge in [0.15, 0.2) is 12.4 Å². The van der Waals surface area contributed by atoms with Gasteiger partial charge in [-0.15, -0.1) is 0 Å². The van der Waals surface area contributed by atoms with Gasteiger partial charge in [-0.3, -0.25) is 4.79 Å². The second-order valence-corrected chi connectivity index (χ2v) is 7.70. The molecule has 152 valence electrons. The molecule has 0 aliphatic carbocycles. The lowest BCUT2D eigenvalue weighted by Crippen LogP contribution is -2.37. The molecule has 0 N–H and O–H groups in total. The molecule has 0 atom stereocenters. The number of hydrogen-bond donors (Lipinski definition) is 0. The Balaban J connectivity index is 1.49. The van der Waals surface area contributed by atoms with Crippen LogP contribution in [0, 0.1) is 13.8 Å². The third kappa shape index (κ3) is 4.13. The van der Waals surface area contributed by atoms with E-state index < -0.39 is 0 Å². The summed E-state index contributed by atoms with van der Waals surface area (Å²) >= 11 is 0. The van der Waals surface area contributed by atoms with E-state index in [1.165, 1.54) is 10.9 Å². The number of fused-ring (bicyclic) bond motifs is 1. The Morgan fingerprint density at radius 2 is 1.73 bits per heavy atom. The molecule has 4 nitrogen and oxygen atoms in total. The monoisotopic (exact) mass is 399 g/mol. The third-order valence-corrected chi connectivity index (χ3v) is 5.73. The number of methoxy groups -OCH3 is 1. The zero-order valence-corrected chi connectivity index (χ0v) is 17.8. The zero-order valence-electron chi connectivity index (χ0n) is 17.8. The first-order valence-electron chi connectivity index (χ1n) is 10.3. The van der Waals surface area contributed by atoms with Crippen LogP contribution in [0.4, 0.5) is 0 Å². The summed E-state index contributed by atoms with van der Waals surface area (Å²) in [6.45, 7) is 5.30. The van der Waals surface area contributed by atoms with E-state index in [9.17, 15) is 4.79 Å². The average molecular weight is 400 g/mol. The SMILES string of the molecule is COc1ccc(CCn2c(C)cc(C(=O)C[n+]3ccc4ccccc4c3)c2C)cc1. The lowest BCUT2D eigenvalue weighted by Gasteiger charge is -2.10. The summed E-state index contributed by atoms with van der Waals surface area (Å²) < 4.78 is 9.43. The first kappa shape index (κ1) is 19.9. The number of rotatable bonds is 7. The van der Waals surface area contributed by atoms with Crippen molar-refractivity contribution in [3.05, 3.63) is 95.6 Å². The molecule has 0 saturated heterocycles. The summed E-state index contributed by atoms with van der Waals surface area (Å²) in [7, 11) is 1.68. The lowest BCUT2D eigenvalue weighted by atomic mass is 10.1. The van der Waals surface area contributed by atoms with E-state index in [0.29, 0.717) is 6.54 Å². The lowest BCUT2D eigenvalue weighted by molar-refractivity contribution is -0.681. The smallest absolute Gasteiger partial charge is 0.229 e. The molecule has 2 aromatic carbocycles. The van der Waals surface area contributed by atoms with Crippen molar-refractivity contribution in [2.45, 2.75) is 33.4 Å². The molecule has 0 fully saturated rings. The fourth-order valence-corrected chi connectivity index (χ4v) is 3.99. The highest BCUT2D eigenvalue weighted by molar-refractivity contribution is 5.96. The molecule has 0 unspecified atom stereocenters. The number of ketones is 1. The van der Waals surface area contributed by atoms with Crippen LogP contribution in [0.2, 0.25) is 0 Å². The minimum atomic E-state index is 0.138. The Morgan fingerprint density at radius 3 is 2.47 bits per heavy atom. The van der Waals surface area contributed by atoms with Gasteiger partial charge in [0.25, 0.3) is 0 Å². The van der Waals surface area contributed by atoms with Gasteiger partial charge in [0.2, 0.25) is 12.3 Å². The molecule has 4 heteroatoms. The van der Waals surface area contributed by atoms with Crippen molar-refractivity contribution in [3.63, 3.8) is 0 Å². The highest BCUT2D eigenvalue weighted by atomic mass is 16.5. The van der Waals surface area contributed by atoms with Gasteiger partial charge < -0.3 is 9.30 Å². The van der Waals surface area contributed by atoms with Crippen molar-refractivity contribution < 1.29 is 14.1 Å². The molecule has 4 aromatic rings. The molecule has 0 bridgehead atoms. The summed E-state index contributed by atoms with van der Waals surface area (Å²) in [6, 6.07) is 20.4. The van der Waals surface area contributed by atoms with E-state index in [-0.39, 0.29) is 5.78 Å². The van der Waals surface area contributed by atoms with Crippen LogP contribution in [0.15, 0.2) is 73.1 Å². The van der Waals surface area contributed by atoms with Gasteiger partial charge in [-0.2, -0.15) is 4.57 Å². The highest BCUT2D eigenvalue weighted by Crippen LogP contribution is 2.18. The van der Waals surface area contributed by atoms with Crippen LogP contribution in [0.5, 0.6) is 5.75 Å². The molecular weight excluding hydrogens is 372 g/mol. The van der Waals surface area contributed by atoms with Crippen molar-refractivity contribution in [1.29, 1.82) is 0 Å². The van der Waals surface area contributed by atoms with Crippen molar-refractivity contribution >= 4 is 16.6 Å². The van der Waals surface area contributed by atoms with E-state index in [4.69, 9.17) is 4.74 Å². The van der Waals surface area contributed by atoms with E-state index in [1.807, 2.05) is 54.2 Å². The number of aryl methyl sites for hydroxylation is 2. The number of carbonyl (C=O) groups is 1. The molecule has 30 heavy (non-hydrogen) atoms. The molecule has 2 aromatic heterocycles. The van der Waals surface area contributed by atoms with Crippen LogP contribution in [0.1, 0.15) is 27.3 Å². The molecule has 0 radical (unpaired) electrons. The Labute approximate surface area is 177 Å². The topological polar surface area (TPSA) is 35.1 Å². The van der Waals surface area contributed by atoms with Crippen LogP contribution >= 0.6 is 0 Å². The summed E-state index contributed by atoms with van der Waals surface area (Å²) in [6.07, 6.45) is 4.92. The maximum absolute atomic E-state index is 13.0. The maximum atomic E-state index is 13.0. The molecular formula is C26H27N2O2+. The van der Waals surface area contributed by atoms with E-state index in [1.54, 1.807) is 7.11 Å². The standard InChI is InChI=1S/C26H27N2O2/c1-19-16-25(20(2)28(19)15-12-21-8-10-24(30-3)11-9-21)26(29)18-27-14-13-22-6-4-5-7-23(22)17-27/h4-11,13-14,16-17H,12,15,18H2,1-3H3/q+1. The number of hydrogen-bond acceptors (Lipinski definition) is 2. The zero-order chi connectivity index (χ0) is 21.1. The van der Waals surface area contributed by atoms with Crippen molar-refractivity contribution in [2.75, 3.05) is 7.11 Å². The van der Waals surface area contributed by atoms with Gasteiger partial charge in [0.05, 0.1) is 7.11 Å². The van der Waals surface area contributed by atoms with E-state index in [0.717, 1.165) is 41.1 Å². The molecule has 0 aliphatic rings. The number of ether oxygens (including phenoxy) is 1.